The van der Waals surface area contributed by atoms with Crippen molar-refractivity contribution in [3.63, 3.8) is 0 Å². The van der Waals surface area contributed by atoms with Crippen LogP contribution < -0.4 is 10.2 Å². The number of aromatic nitrogens is 2. The van der Waals surface area contributed by atoms with Gasteiger partial charge >= 0.3 is 0 Å². The Kier molecular flexibility index (Phi) is 5.70. The van der Waals surface area contributed by atoms with E-state index in [1.54, 1.807) is 27.1 Å². The second-order valence-corrected chi connectivity index (χ2v) is 9.50. The minimum absolute atomic E-state index is 0.121. The Morgan fingerprint density at radius 3 is 2.80 bits per heavy atom. The maximum absolute atomic E-state index is 14.0. The molecule has 0 bridgehead atoms. The Labute approximate surface area is 181 Å². The highest BCUT2D eigenvalue weighted by Crippen LogP contribution is 2.33. The number of piperidine rings is 1. The first kappa shape index (κ1) is 20.7. The van der Waals surface area contributed by atoms with E-state index in [0.29, 0.717) is 27.8 Å². The fourth-order valence-electron chi connectivity index (χ4n) is 3.46. The van der Waals surface area contributed by atoms with Gasteiger partial charge in [-0.3, -0.25) is 9.59 Å². The van der Waals surface area contributed by atoms with Gasteiger partial charge in [0.25, 0.3) is 5.91 Å². The van der Waals surface area contributed by atoms with Gasteiger partial charge in [0.05, 0.1) is 16.3 Å². The van der Waals surface area contributed by atoms with Crippen molar-refractivity contribution >= 4 is 55.0 Å². The molecule has 0 radical (unpaired) electrons. The number of aryl methyl sites for hydroxylation is 1. The van der Waals surface area contributed by atoms with E-state index in [1.807, 2.05) is 11.0 Å². The zero-order valence-electron chi connectivity index (χ0n) is 16.9. The van der Waals surface area contributed by atoms with Crippen LogP contribution in [0.5, 0.6) is 0 Å². The molecule has 1 aromatic carbocycles. The molecule has 158 valence electrons. The fraction of sp³-hybridized carbons (Fsp3) is 0.400. The van der Waals surface area contributed by atoms with Crippen molar-refractivity contribution in [3.05, 3.63) is 34.6 Å². The number of thiazole rings is 2. The Balaban J connectivity index is 1.46. The zero-order valence-corrected chi connectivity index (χ0v) is 18.6. The molecule has 0 spiro atoms. The predicted octanol–water partition coefficient (Wildman–Crippen LogP) is 3.76. The summed E-state index contributed by atoms with van der Waals surface area (Å²) in [6.45, 7) is 3.06. The molecule has 1 aliphatic rings. The van der Waals surface area contributed by atoms with E-state index < -0.39 is 0 Å². The predicted molar refractivity (Wildman–Crippen MR) is 118 cm³/mol. The first-order valence-electron chi connectivity index (χ1n) is 9.63. The van der Waals surface area contributed by atoms with E-state index in [1.165, 1.54) is 33.6 Å². The summed E-state index contributed by atoms with van der Waals surface area (Å²) in [6.07, 6.45) is 1.60. The lowest BCUT2D eigenvalue weighted by Crippen LogP contribution is -2.40. The normalized spacial score (nSPS) is 16.7. The SMILES string of the molecule is Cc1nc(NC(=O)C2CCCN(c3nc4c(F)cccc4s3)C2)sc1C(=O)N(C)C. The van der Waals surface area contributed by atoms with Crippen molar-refractivity contribution < 1.29 is 14.0 Å². The monoisotopic (exact) mass is 447 g/mol. The Hall–Kier alpha value is -2.59. The number of benzene rings is 1. The third-order valence-corrected chi connectivity index (χ3v) is 7.19. The molecule has 7 nitrogen and oxygen atoms in total. The summed E-state index contributed by atoms with van der Waals surface area (Å²) in [5.74, 6) is -0.807. The van der Waals surface area contributed by atoms with E-state index in [4.69, 9.17) is 0 Å². The van der Waals surface area contributed by atoms with Crippen LogP contribution in [0.4, 0.5) is 14.7 Å². The summed E-state index contributed by atoms with van der Waals surface area (Å²) >= 11 is 2.63. The highest BCUT2D eigenvalue weighted by atomic mass is 32.1. The summed E-state index contributed by atoms with van der Waals surface area (Å²) in [5, 5.41) is 4.03. The number of hydrogen-bond acceptors (Lipinski definition) is 7. The number of para-hydroxylation sites is 1. The molecule has 2 aromatic heterocycles. The zero-order chi connectivity index (χ0) is 21.4. The van der Waals surface area contributed by atoms with Crippen molar-refractivity contribution in [2.75, 3.05) is 37.4 Å². The van der Waals surface area contributed by atoms with E-state index in [0.717, 1.165) is 29.2 Å². The summed E-state index contributed by atoms with van der Waals surface area (Å²) in [4.78, 5) is 37.9. The van der Waals surface area contributed by atoms with Crippen molar-refractivity contribution in [3.8, 4) is 0 Å². The molecule has 2 amide bonds. The molecule has 3 aromatic rings. The van der Waals surface area contributed by atoms with Gasteiger partial charge in [-0.1, -0.05) is 28.7 Å². The number of carbonyl (C=O) groups excluding carboxylic acids is 2. The first-order chi connectivity index (χ1) is 14.3. The average molecular weight is 448 g/mol. The summed E-state index contributed by atoms with van der Waals surface area (Å²) < 4.78 is 14.8. The number of nitrogens with zero attached hydrogens (tertiary/aromatic N) is 4. The maximum atomic E-state index is 14.0. The molecule has 1 fully saturated rings. The van der Waals surface area contributed by atoms with Crippen LogP contribution in [0.2, 0.25) is 0 Å². The minimum Gasteiger partial charge on any atom is -0.347 e. The molecule has 1 aliphatic heterocycles. The van der Waals surface area contributed by atoms with Gasteiger partial charge in [0.2, 0.25) is 5.91 Å². The molecule has 1 saturated heterocycles. The second-order valence-electron chi connectivity index (χ2n) is 7.49. The largest absolute Gasteiger partial charge is 0.347 e. The van der Waals surface area contributed by atoms with Gasteiger partial charge < -0.3 is 15.1 Å². The van der Waals surface area contributed by atoms with Crippen LogP contribution >= 0.6 is 22.7 Å². The summed E-state index contributed by atoms with van der Waals surface area (Å²) in [5.41, 5.74) is 0.983. The molecular formula is C20H22FN5O2S2. The highest BCUT2D eigenvalue weighted by Gasteiger charge is 2.29. The molecule has 30 heavy (non-hydrogen) atoms. The van der Waals surface area contributed by atoms with Crippen molar-refractivity contribution in [1.82, 2.24) is 14.9 Å². The van der Waals surface area contributed by atoms with Crippen LogP contribution in [0.15, 0.2) is 18.2 Å². The van der Waals surface area contributed by atoms with Crippen molar-refractivity contribution in [1.29, 1.82) is 0 Å². The number of anilines is 2. The number of hydrogen-bond donors (Lipinski definition) is 1. The van der Waals surface area contributed by atoms with E-state index in [-0.39, 0.29) is 23.5 Å². The number of amides is 2. The fourth-order valence-corrected chi connectivity index (χ4v) is 5.47. The molecule has 3 heterocycles. The van der Waals surface area contributed by atoms with E-state index in [9.17, 15) is 14.0 Å². The van der Waals surface area contributed by atoms with Crippen LogP contribution in [0.25, 0.3) is 10.2 Å². The standard InChI is InChI=1S/C20H22FN5O2S2/c1-11-16(18(28)25(2)3)30-19(22-11)24-17(27)12-6-5-9-26(10-12)20-23-15-13(21)7-4-8-14(15)29-20/h4,7-8,12H,5-6,9-10H2,1-3H3,(H,22,24,27). The van der Waals surface area contributed by atoms with Gasteiger partial charge in [0.15, 0.2) is 10.3 Å². The molecule has 0 aliphatic carbocycles. The molecule has 1 atom stereocenters. The molecule has 4 rings (SSSR count). The summed E-state index contributed by atoms with van der Waals surface area (Å²) in [6, 6.07) is 4.94. The van der Waals surface area contributed by atoms with E-state index in [2.05, 4.69) is 15.3 Å². The quantitative estimate of drug-likeness (QED) is 0.659. The molecule has 1 N–H and O–H groups in total. The van der Waals surface area contributed by atoms with Gasteiger partial charge in [0, 0.05) is 27.2 Å². The van der Waals surface area contributed by atoms with Gasteiger partial charge in [-0.2, -0.15) is 0 Å². The van der Waals surface area contributed by atoms with Gasteiger partial charge in [-0.15, -0.1) is 0 Å². The lowest BCUT2D eigenvalue weighted by atomic mass is 9.97. The Morgan fingerprint density at radius 2 is 2.07 bits per heavy atom. The third kappa shape index (κ3) is 4.01. The second kappa shape index (κ2) is 8.27. The molecule has 10 heteroatoms. The molecule has 0 saturated carbocycles. The highest BCUT2D eigenvalue weighted by molar-refractivity contribution is 7.22. The van der Waals surface area contributed by atoms with Crippen molar-refractivity contribution in [2.24, 2.45) is 5.92 Å². The van der Waals surface area contributed by atoms with Crippen LogP contribution in [-0.4, -0.2) is 53.9 Å². The lowest BCUT2D eigenvalue weighted by Gasteiger charge is -2.31. The first-order valence-corrected chi connectivity index (χ1v) is 11.3. The number of halogens is 1. The molecule has 1 unspecified atom stereocenters. The number of carbonyl (C=O) groups is 2. The van der Waals surface area contributed by atoms with Crippen LogP contribution in [0, 0.1) is 18.7 Å². The minimum atomic E-state index is -0.330. The average Bonchev–Trinajstić information content (AvgIpc) is 3.32. The van der Waals surface area contributed by atoms with Gasteiger partial charge in [-0.25, -0.2) is 14.4 Å². The lowest BCUT2D eigenvalue weighted by molar-refractivity contribution is -0.120. The topological polar surface area (TPSA) is 78.4 Å². The van der Waals surface area contributed by atoms with Gasteiger partial charge in [0.1, 0.15) is 16.2 Å². The Morgan fingerprint density at radius 1 is 1.27 bits per heavy atom. The van der Waals surface area contributed by atoms with Gasteiger partial charge in [-0.05, 0) is 31.9 Å². The smallest absolute Gasteiger partial charge is 0.265 e. The number of fused-ring (bicyclic) bond motifs is 1. The van der Waals surface area contributed by atoms with Crippen molar-refractivity contribution in [2.45, 2.75) is 19.8 Å². The third-order valence-electron chi connectivity index (χ3n) is 5.05. The number of rotatable bonds is 4. The van der Waals surface area contributed by atoms with Crippen LogP contribution in [-0.2, 0) is 4.79 Å². The maximum Gasteiger partial charge on any atom is 0.265 e. The molecular weight excluding hydrogens is 425 g/mol. The summed E-state index contributed by atoms with van der Waals surface area (Å²) in [7, 11) is 3.37. The van der Waals surface area contributed by atoms with Crippen LogP contribution in [0.1, 0.15) is 28.2 Å². The van der Waals surface area contributed by atoms with E-state index >= 15 is 0 Å². The van der Waals surface area contributed by atoms with Crippen LogP contribution in [0.3, 0.4) is 0 Å². The Bertz CT molecular complexity index is 1110. The number of nitrogens with one attached hydrogen (secondary N) is 1.